The third kappa shape index (κ3) is 2.50. The summed E-state index contributed by atoms with van der Waals surface area (Å²) in [5.41, 5.74) is 8.44. The predicted molar refractivity (Wildman–Crippen MR) is 82.4 cm³/mol. The maximum absolute atomic E-state index is 5.96. The van der Waals surface area contributed by atoms with E-state index >= 15 is 0 Å². The number of benzene rings is 1. The highest BCUT2D eigenvalue weighted by atomic mass is 16.5. The number of fused-ring (bicyclic) bond motifs is 1. The van der Waals surface area contributed by atoms with E-state index in [1.54, 1.807) is 0 Å². The van der Waals surface area contributed by atoms with Gasteiger partial charge >= 0.3 is 0 Å². The molecule has 2 heterocycles. The van der Waals surface area contributed by atoms with Crippen LogP contribution in [0.15, 0.2) is 36.7 Å². The van der Waals surface area contributed by atoms with Gasteiger partial charge < -0.3 is 10.5 Å². The van der Waals surface area contributed by atoms with E-state index in [4.69, 9.17) is 10.5 Å². The minimum atomic E-state index is 0.451. The van der Waals surface area contributed by atoms with Gasteiger partial charge in [0.15, 0.2) is 5.75 Å². The number of nitrogens with two attached hydrogens (primary N) is 1. The summed E-state index contributed by atoms with van der Waals surface area (Å²) in [6, 6.07) is 9.83. The molecule has 0 saturated heterocycles. The molecule has 0 aliphatic carbocycles. The molecule has 0 aliphatic rings. The van der Waals surface area contributed by atoms with Crippen molar-refractivity contribution in [2.75, 3.05) is 5.73 Å². The molecule has 0 unspecified atom stereocenters. The SMILES string of the molecule is CCc1c(N)ncnc1Oc1cccc2ccc(C)nc12. The van der Waals surface area contributed by atoms with Crippen molar-refractivity contribution in [2.24, 2.45) is 0 Å². The van der Waals surface area contributed by atoms with Crippen molar-refractivity contribution >= 4 is 16.7 Å². The number of aromatic nitrogens is 3. The van der Waals surface area contributed by atoms with Gasteiger partial charge in [0, 0.05) is 11.1 Å². The lowest BCUT2D eigenvalue weighted by atomic mass is 10.2. The van der Waals surface area contributed by atoms with Crippen molar-refractivity contribution in [3.8, 4) is 11.6 Å². The van der Waals surface area contributed by atoms with E-state index in [0.717, 1.165) is 22.2 Å². The van der Waals surface area contributed by atoms with Crippen molar-refractivity contribution in [2.45, 2.75) is 20.3 Å². The van der Waals surface area contributed by atoms with Crippen molar-refractivity contribution in [1.29, 1.82) is 0 Å². The molecule has 2 aromatic heterocycles. The Balaban J connectivity index is 2.10. The second-order valence-electron chi connectivity index (χ2n) is 4.78. The van der Waals surface area contributed by atoms with Gasteiger partial charge in [0.25, 0.3) is 0 Å². The Morgan fingerprint density at radius 3 is 2.81 bits per heavy atom. The maximum Gasteiger partial charge on any atom is 0.227 e. The van der Waals surface area contributed by atoms with Gasteiger partial charge in [-0.3, -0.25) is 0 Å². The Hall–Kier alpha value is -2.69. The van der Waals surface area contributed by atoms with E-state index in [1.807, 2.05) is 44.2 Å². The summed E-state index contributed by atoms with van der Waals surface area (Å²) in [7, 11) is 0. The van der Waals surface area contributed by atoms with Crippen LogP contribution in [0.5, 0.6) is 11.6 Å². The van der Waals surface area contributed by atoms with Crippen molar-refractivity contribution < 1.29 is 4.74 Å². The van der Waals surface area contributed by atoms with Crippen LogP contribution in [-0.2, 0) is 6.42 Å². The third-order valence-corrected chi connectivity index (χ3v) is 3.32. The van der Waals surface area contributed by atoms with Gasteiger partial charge in [-0.25, -0.2) is 15.0 Å². The predicted octanol–water partition coefficient (Wildman–Crippen LogP) is 3.27. The fourth-order valence-electron chi connectivity index (χ4n) is 2.23. The fourth-order valence-corrected chi connectivity index (χ4v) is 2.23. The molecule has 5 nitrogen and oxygen atoms in total. The molecule has 5 heteroatoms. The molecule has 0 atom stereocenters. The number of nitrogen functional groups attached to an aromatic ring is 1. The average Bonchev–Trinajstić information content (AvgIpc) is 2.48. The van der Waals surface area contributed by atoms with E-state index in [2.05, 4.69) is 15.0 Å². The van der Waals surface area contributed by atoms with E-state index in [0.29, 0.717) is 23.9 Å². The van der Waals surface area contributed by atoms with Gasteiger partial charge in [0.1, 0.15) is 17.7 Å². The zero-order chi connectivity index (χ0) is 14.8. The Morgan fingerprint density at radius 1 is 1.14 bits per heavy atom. The number of nitrogens with zero attached hydrogens (tertiary/aromatic N) is 3. The second kappa shape index (κ2) is 5.36. The van der Waals surface area contributed by atoms with E-state index in [9.17, 15) is 0 Å². The quantitative estimate of drug-likeness (QED) is 0.797. The van der Waals surface area contributed by atoms with E-state index < -0.39 is 0 Å². The molecule has 1 aromatic carbocycles. The van der Waals surface area contributed by atoms with Crippen molar-refractivity contribution in [1.82, 2.24) is 15.0 Å². The van der Waals surface area contributed by atoms with Crippen LogP contribution >= 0.6 is 0 Å². The van der Waals surface area contributed by atoms with Crippen molar-refractivity contribution in [3.63, 3.8) is 0 Å². The van der Waals surface area contributed by atoms with Crippen LogP contribution in [-0.4, -0.2) is 15.0 Å². The number of para-hydroxylation sites is 1. The van der Waals surface area contributed by atoms with Crippen LogP contribution < -0.4 is 10.5 Å². The van der Waals surface area contributed by atoms with E-state index in [1.165, 1.54) is 6.33 Å². The Kier molecular flexibility index (Phi) is 3.39. The van der Waals surface area contributed by atoms with Gasteiger partial charge in [-0.1, -0.05) is 25.1 Å². The number of rotatable bonds is 3. The number of ether oxygens (including phenoxy) is 1. The number of pyridine rings is 1. The van der Waals surface area contributed by atoms with Crippen LogP contribution in [0.4, 0.5) is 5.82 Å². The molecule has 21 heavy (non-hydrogen) atoms. The summed E-state index contributed by atoms with van der Waals surface area (Å²) in [5, 5.41) is 1.03. The lowest BCUT2D eigenvalue weighted by molar-refractivity contribution is 0.460. The smallest absolute Gasteiger partial charge is 0.227 e. The Morgan fingerprint density at radius 2 is 2.00 bits per heavy atom. The summed E-state index contributed by atoms with van der Waals surface area (Å²) in [5.74, 6) is 1.61. The van der Waals surface area contributed by atoms with Crippen LogP contribution in [0, 0.1) is 6.92 Å². The molecular formula is C16H16N4O. The molecule has 2 N–H and O–H groups in total. The van der Waals surface area contributed by atoms with Crippen LogP contribution in [0.1, 0.15) is 18.2 Å². The molecule has 0 amide bonds. The molecule has 0 fully saturated rings. The van der Waals surface area contributed by atoms with Gasteiger partial charge in [-0.2, -0.15) is 0 Å². The molecule has 0 saturated carbocycles. The van der Waals surface area contributed by atoms with Crippen LogP contribution in [0.3, 0.4) is 0 Å². The lowest BCUT2D eigenvalue weighted by Crippen LogP contribution is -2.02. The monoisotopic (exact) mass is 280 g/mol. The molecule has 0 spiro atoms. The fraction of sp³-hybridized carbons (Fsp3) is 0.188. The number of anilines is 1. The van der Waals surface area contributed by atoms with Crippen LogP contribution in [0.2, 0.25) is 0 Å². The first kappa shape index (κ1) is 13.3. The molecule has 0 bridgehead atoms. The summed E-state index contributed by atoms with van der Waals surface area (Å²) < 4.78 is 5.96. The Labute approximate surface area is 122 Å². The van der Waals surface area contributed by atoms with E-state index in [-0.39, 0.29) is 0 Å². The topological polar surface area (TPSA) is 73.9 Å². The zero-order valence-corrected chi connectivity index (χ0v) is 12.0. The zero-order valence-electron chi connectivity index (χ0n) is 12.0. The highest BCUT2D eigenvalue weighted by Gasteiger charge is 2.12. The van der Waals surface area contributed by atoms with Gasteiger partial charge in [-0.15, -0.1) is 0 Å². The third-order valence-electron chi connectivity index (χ3n) is 3.32. The molecule has 106 valence electrons. The summed E-state index contributed by atoms with van der Waals surface area (Å²) in [4.78, 5) is 12.7. The van der Waals surface area contributed by atoms with Gasteiger partial charge in [-0.05, 0) is 25.5 Å². The minimum Gasteiger partial charge on any atom is -0.436 e. The number of hydrogen-bond donors (Lipinski definition) is 1. The maximum atomic E-state index is 5.96. The summed E-state index contributed by atoms with van der Waals surface area (Å²) in [6.07, 6.45) is 2.12. The standard InChI is InChI=1S/C16H16N4O/c1-3-12-15(17)18-9-19-16(12)21-13-6-4-5-11-8-7-10(2)20-14(11)13/h4-9H,3H2,1-2H3,(H2,17,18,19). The first-order valence-electron chi connectivity index (χ1n) is 6.82. The lowest BCUT2D eigenvalue weighted by Gasteiger charge is -2.11. The Bertz CT molecular complexity index is 801. The number of aryl methyl sites for hydroxylation is 1. The van der Waals surface area contributed by atoms with Crippen LogP contribution in [0.25, 0.3) is 10.9 Å². The molecule has 3 rings (SSSR count). The first-order valence-corrected chi connectivity index (χ1v) is 6.82. The molecule has 3 aromatic rings. The van der Waals surface area contributed by atoms with Crippen molar-refractivity contribution in [3.05, 3.63) is 47.9 Å². The normalized spacial score (nSPS) is 10.8. The summed E-state index contributed by atoms with van der Waals surface area (Å²) >= 11 is 0. The second-order valence-corrected chi connectivity index (χ2v) is 4.78. The highest BCUT2D eigenvalue weighted by Crippen LogP contribution is 2.30. The molecular weight excluding hydrogens is 264 g/mol. The van der Waals surface area contributed by atoms with Gasteiger partial charge in [0.05, 0.1) is 5.56 Å². The largest absolute Gasteiger partial charge is 0.436 e. The molecule has 0 radical (unpaired) electrons. The highest BCUT2D eigenvalue weighted by molar-refractivity contribution is 5.84. The van der Waals surface area contributed by atoms with Gasteiger partial charge in [0.2, 0.25) is 5.88 Å². The minimum absolute atomic E-state index is 0.451. The number of hydrogen-bond acceptors (Lipinski definition) is 5. The molecule has 0 aliphatic heterocycles. The summed E-state index contributed by atoms with van der Waals surface area (Å²) in [6.45, 7) is 3.95. The average molecular weight is 280 g/mol. The first-order chi connectivity index (χ1) is 10.2.